The summed E-state index contributed by atoms with van der Waals surface area (Å²) < 4.78 is 31.9. The maximum absolute atomic E-state index is 12.6. The van der Waals surface area contributed by atoms with Crippen LogP contribution >= 0.6 is 11.6 Å². The molecule has 0 radical (unpaired) electrons. The van der Waals surface area contributed by atoms with Crippen LogP contribution in [0.3, 0.4) is 0 Å². The fraction of sp³-hybridized carbons (Fsp3) is 0.571. The molecule has 1 aliphatic heterocycles. The van der Waals surface area contributed by atoms with Crippen molar-refractivity contribution in [2.75, 3.05) is 20.3 Å². The molecule has 0 bridgehead atoms. The second kappa shape index (κ2) is 6.43. The minimum Gasteiger partial charge on any atom is -0.380 e. The molecule has 1 aromatic carbocycles. The largest absolute Gasteiger partial charge is 0.380 e. The van der Waals surface area contributed by atoms with Gasteiger partial charge in [-0.2, -0.15) is 4.31 Å². The summed E-state index contributed by atoms with van der Waals surface area (Å²) in [6.07, 6.45) is 1.58. The lowest BCUT2D eigenvalue weighted by molar-refractivity contribution is 0.181. The van der Waals surface area contributed by atoms with Crippen LogP contribution in [0.5, 0.6) is 0 Å². The maximum Gasteiger partial charge on any atom is 0.243 e. The van der Waals surface area contributed by atoms with E-state index in [0.717, 1.165) is 24.0 Å². The summed E-state index contributed by atoms with van der Waals surface area (Å²) in [6.45, 7) is 3.11. The Morgan fingerprint density at radius 3 is 2.70 bits per heavy atom. The molecule has 0 aromatic heterocycles. The summed E-state index contributed by atoms with van der Waals surface area (Å²) >= 11 is 5.91. The molecule has 20 heavy (non-hydrogen) atoms. The van der Waals surface area contributed by atoms with E-state index in [1.807, 2.05) is 13.0 Å². The van der Waals surface area contributed by atoms with Gasteiger partial charge in [0.05, 0.1) is 17.5 Å². The molecule has 0 saturated carbocycles. The van der Waals surface area contributed by atoms with E-state index in [4.69, 9.17) is 16.3 Å². The number of ether oxygens (including phenoxy) is 1. The Morgan fingerprint density at radius 2 is 2.15 bits per heavy atom. The van der Waals surface area contributed by atoms with E-state index < -0.39 is 10.0 Å². The Morgan fingerprint density at radius 1 is 1.40 bits per heavy atom. The maximum atomic E-state index is 12.6. The van der Waals surface area contributed by atoms with Gasteiger partial charge in [-0.3, -0.25) is 0 Å². The van der Waals surface area contributed by atoms with E-state index in [-0.39, 0.29) is 6.04 Å². The molecule has 1 atom stereocenters. The smallest absolute Gasteiger partial charge is 0.243 e. The van der Waals surface area contributed by atoms with Crippen LogP contribution in [0.1, 0.15) is 24.5 Å². The monoisotopic (exact) mass is 317 g/mol. The molecule has 1 aromatic rings. The number of benzene rings is 1. The van der Waals surface area contributed by atoms with E-state index in [1.54, 1.807) is 19.2 Å². The first-order chi connectivity index (χ1) is 9.50. The first kappa shape index (κ1) is 15.8. The number of sulfonamides is 1. The fourth-order valence-electron chi connectivity index (χ4n) is 2.40. The van der Waals surface area contributed by atoms with Gasteiger partial charge in [0.15, 0.2) is 0 Å². The van der Waals surface area contributed by atoms with Gasteiger partial charge in [-0.05, 0) is 36.1 Å². The second-order valence-corrected chi connectivity index (χ2v) is 7.22. The first-order valence-corrected chi connectivity index (χ1v) is 8.71. The molecule has 1 fully saturated rings. The zero-order valence-electron chi connectivity index (χ0n) is 11.8. The molecular weight excluding hydrogens is 298 g/mol. The Balaban J connectivity index is 2.33. The van der Waals surface area contributed by atoms with Crippen molar-refractivity contribution in [3.8, 4) is 0 Å². The number of alkyl halides is 1. The van der Waals surface area contributed by atoms with Crippen molar-refractivity contribution in [3.63, 3.8) is 0 Å². The fourth-order valence-corrected chi connectivity index (χ4v) is 4.07. The zero-order valence-corrected chi connectivity index (χ0v) is 13.4. The van der Waals surface area contributed by atoms with Gasteiger partial charge in [0.2, 0.25) is 10.0 Å². The average Bonchev–Trinajstić information content (AvgIpc) is 2.99. The third-order valence-corrected chi connectivity index (χ3v) is 5.99. The lowest BCUT2D eigenvalue weighted by Crippen LogP contribution is -2.37. The summed E-state index contributed by atoms with van der Waals surface area (Å²) in [4.78, 5) is 0.305. The van der Waals surface area contributed by atoms with E-state index in [9.17, 15) is 8.42 Å². The van der Waals surface area contributed by atoms with Gasteiger partial charge >= 0.3 is 0 Å². The standard InChI is InChI=1S/C14H20ClNO3S/c1-3-11-4-5-14(8-12(11)9-15)20(17,18)16(2)13-6-7-19-10-13/h4-5,8,13H,3,6-7,9-10H2,1-2H3. The number of halogens is 1. The predicted molar refractivity (Wildman–Crippen MR) is 79.5 cm³/mol. The molecular formula is C14H20ClNO3S. The minimum atomic E-state index is -3.49. The lowest BCUT2D eigenvalue weighted by Gasteiger charge is -2.23. The van der Waals surface area contributed by atoms with Crippen molar-refractivity contribution in [2.24, 2.45) is 0 Å². The molecule has 1 unspecified atom stereocenters. The third-order valence-electron chi connectivity index (χ3n) is 3.80. The van der Waals surface area contributed by atoms with Crippen molar-refractivity contribution < 1.29 is 13.2 Å². The van der Waals surface area contributed by atoms with Crippen LogP contribution < -0.4 is 0 Å². The van der Waals surface area contributed by atoms with Gasteiger partial charge in [-0.25, -0.2) is 8.42 Å². The van der Waals surface area contributed by atoms with Crippen LogP contribution in [-0.2, 0) is 27.1 Å². The van der Waals surface area contributed by atoms with Crippen molar-refractivity contribution in [1.82, 2.24) is 4.31 Å². The summed E-state index contributed by atoms with van der Waals surface area (Å²) in [5.41, 5.74) is 1.97. The van der Waals surface area contributed by atoms with E-state index in [2.05, 4.69) is 0 Å². The Bertz CT molecular complexity index is 568. The van der Waals surface area contributed by atoms with Gasteiger partial charge < -0.3 is 4.74 Å². The average molecular weight is 318 g/mol. The van der Waals surface area contributed by atoms with Gasteiger partial charge in [0.25, 0.3) is 0 Å². The number of hydrogen-bond acceptors (Lipinski definition) is 3. The van der Waals surface area contributed by atoms with Gasteiger partial charge in [-0.15, -0.1) is 11.6 Å². The second-order valence-electron chi connectivity index (χ2n) is 4.96. The number of rotatable bonds is 5. The van der Waals surface area contributed by atoms with Crippen LogP contribution in [-0.4, -0.2) is 39.0 Å². The zero-order chi connectivity index (χ0) is 14.8. The van der Waals surface area contributed by atoms with Crippen LogP contribution in [0.15, 0.2) is 23.1 Å². The van der Waals surface area contributed by atoms with Crippen molar-refractivity contribution in [1.29, 1.82) is 0 Å². The Hall–Kier alpha value is -0.620. The molecule has 1 aliphatic rings. The SMILES string of the molecule is CCc1ccc(S(=O)(=O)N(C)C2CCOC2)cc1CCl. The van der Waals surface area contributed by atoms with Gasteiger partial charge in [0.1, 0.15) is 0 Å². The lowest BCUT2D eigenvalue weighted by atomic mass is 10.1. The number of hydrogen-bond donors (Lipinski definition) is 0. The molecule has 4 nitrogen and oxygen atoms in total. The van der Waals surface area contributed by atoms with Gasteiger partial charge in [0, 0.05) is 19.5 Å². The Kier molecular flexibility index (Phi) is 5.07. The molecule has 1 saturated heterocycles. The highest BCUT2D eigenvalue weighted by molar-refractivity contribution is 7.89. The molecule has 6 heteroatoms. The van der Waals surface area contributed by atoms with Crippen molar-refractivity contribution in [2.45, 2.75) is 36.6 Å². The van der Waals surface area contributed by atoms with E-state index in [0.29, 0.717) is 24.0 Å². The minimum absolute atomic E-state index is 0.0784. The molecule has 2 rings (SSSR count). The highest BCUT2D eigenvalue weighted by Crippen LogP contribution is 2.24. The van der Waals surface area contributed by atoms with Crippen LogP contribution in [0.4, 0.5) is 0 Å². The summed E-state index contributed by atoms with van der Waals surface area (Å²) in [5.74, 6) is 0.322. The summed E-state index contributed by atoms with van der Waals surface area (Å²) in [7, 11) is -1.87. The highest BCUT2D eigenvalue weighted by atomic mass is 35.5. The summed E-state index contributed by atoms with van der Waals surface area (Å²) in [6, 6.07) is 5.12. The molecule has 0 spiro atoms. The predicted octanol–water partition coefficient (Wildman–Crippen LogP) is 2.40. The van der Waals surface area contributed by atoms with Crippen LogP contribution in [0.2, 0.25) is 0 Å². The topological polar surface area (TPSA) is 46.6 Å². The number of nitrogens with zero attached hydrogens (tertiary/aromatic N) is 1. The Labute approximate surface area is 125 Å². The first-order valence-electron chi connectivity index (χ1n) is 6.74. The molecule has 0 N–H and O–H groups in total. The van der Waals surface area contributed by atoms with Crippen molar-refractivity contribution >= 4 is 21.6 Å². The van der Waals surface area contributed by atoms with Crippen LogP contribution in [0, 0.1) is 0 Å². The summed E-state index contributed by atoms with van der Waals surface area (Å²) in [5, 5.41) is 0. The van der Waals surface area contributed by atoms with E-state index >= 15 is 0 Å². The highest BCUT2D eigenvalue weighted by Gasteiger charge is 2.30. The van der Waals surface area contributed by atoms with Gasteiger partial charge in [-0.1, -0.05) is 13.0 Å². The molecule has 0 aliphatic carbocycles. The number of likely N-dealkylation sites (N-methyl/N-ethyl adjacent to an activating group) is 1. The van der Waals surface area contributed by atoms with Crippen LogP contribution in [0.25, 0.3) is 0 Å². The third kappa shape index (κ3) is 3.01. The molecule has 112 valence electrons. The molecule has 0 amide bonds. The van der Waals surface area contributed by atoms with E-state index in [1.165, 1.54) is 4.31 Å². The number of aryl methyl sites for hydroxylation is 1. The quantitative estimate of drug-likeness (QED) is 0.783. The van der Waals surface area contributed by atoms with Crippen molar-refractivity contribution in [3.05, 3.63) is 29.3 Å². The molecule has 1 heterocycles. The normalized spacial score (nSPS) is 19.7.